The third-order valence-electron chi connectivity index (χ3n) is 5.33. The standard InChI is InChI=1S/C26H22FN3O3/c1-16-2-6-19(7-3-16)23-14-22(18-10-12-21(27)13-11-18)24(29-23)26(32)28-15-17-4-8-20(9-5-17)25(31)30-33/h2-14,29,33H,15H2,1H3,(H,28,32)(H,30,31). The first-order valence-corrected chi connectivity index (χ1v) is 10.3. The van der Waals surface area contributed by atoms with Crippen molar-refractivity contribution >= 4 is 11.8 Å². The van der Waals surface area contributed by atoms with Gasteiger partial charge in [0.1, 0.15) is 11.5 Å². The topological polar surface area (TPSA) is 94.2 Å². The van der Waals surface area contributed by atoms with Crippen molar-refractivity contribution in [3.63, 3.8) is 0 Å². The first kappa shape index (κ1) is 22.0. The molecule has 0 bridgehead atoms. The number of carbonyl (C=O) groups excluding carboxylic acids is 2. The molecule has 0 atom stereocenters. The molecule has 0 fully saturated rings. The van der Waals surface area contributed by atoms with E-state index in [0.717, 1.165) is 27.9 Å². The number of halogens is 1. The van der Waals surface area contributed by atoms with E-state index in [1.54, 1.807) is 41.9 Å². The lowest BCUT2D eigenvalue weighted by atomic mass is 10.0. The van der Waals surface area contributed by atoms with Gasteiger partial charge in [-0.1, -0.05) is 54.1 Å². The van der Waals surface area contributed by atoms with Gasteiger partial charge >= 0.3 is 0 Å². The van der Waals surface area contributed by atoms with Crippen LogP contribution in [0.5, 0.6) is 0 Å². The summed E-state index contributed by atoms with van der Waals surface area (Å²) in [6.45, 7) is 2.24. The largest absolute Gasteiger partial charge is 0.350 e. The molecule has 0 aliphatic heterocycles. The van der Waals surface area contributed by atoms with Crippen LogP contribution in [-0.2, 0) is 6.54 Å². The number of aryl methyl sites for hydroxylation is 1. The number of hydrogen-bond donors (Lipinski definition) is 4. The summed E-state index contributed by atoms with van der Waals surface area (Å²) in [5.41, 5.74) is 7.26. The van der Waals surface area contributed by atoms with E-state index in [9.17, 15) is 14.0 Å². The van der Waals surface area contributed by atoms with Crippen LogP contribution in [0.4, 0.5) is 4.39 Å². The van der Waals surface area contributed by atoms with Crippen LogP contribution in [0.25, 0.3) is 22.4 Å². The van der Waals surface area contributed by atoms with Gasteiger partial charge in [0.25, 0.3) is 11.8 Å². The lowest BCUT2D eigenvalue weighted by Gasteiger charge is -2.08. The molecule has 4 rings (SSSR count). The highest BCUT2D eigenvalue weighted by Crippen LogP contribution is 2.30. The maximum Gasteiger partial charge on any atom is 0.274 e. The molecule has 7 heteroatoms. The molecular formula is C26H22FN3O3. The Bertz CT molecular complexity index is 1280. The molecule has 0 radical (unpaired) electrons. The van der Waals surface area contributed by atoms with E-state index >= 15 is 0 Å². The second-order valence-electron chi connectivity index (χ2n) is 7.67. The summed E-state index contributed by atoms with van der Waals surface area (Å²) >= 11 is 0. The maximum atomic E-state index is 13.5. The van der Waals surface area contributed by atoms with Gasteiger partial charge in [0.2, 0.25) is 0 Å². The number of benzene rings is 3. The Hall–Kier alpha value is -4.23. The van der Waals surface area contributed by atoms with Gasteiger partial charge in [-0.2, -0.15) is 0 Å². The predicted octanol–water partition coefficient (Wildman–Crippen LogP) is 4.85. The van der Waals surface area contributed by atoms with Crippen LogP contribution in [0.15, 0.2) is 78.9 Å². The molecule has 3 aromatic carbocycles. The number of aromatic nitrogens is 1. The lowest BCUT2D eigenvalue weighted by molar-refractivity contribution is 0.0706. The number of amides is 2. The number of H-pyrrole nitrogens is 1. The summed E-state index contributed by atoms with van der Waals surface area (Å²) in [7, 11) is 0. The third kappa shape index (κ3) is 4.99. The molecule has 4 N–H and O–H groups in total. The fraction of sp³-hybridized carbons (Fsp3) is 0.0769. The minimum Gasteiger partial charge on any atom is -0.350 e. The first-order valence-electron chi connectivity index (χ1n) is 10.3. The van der Waals surface area contributed by atoms with Crippen LogP contribution >= 0.6 is 0 Å². The molecule has 0 saturated heterocycles. The molecule has 0 aliphatic rings. The average Bonchev–Trinajstić information content (AvgIpc) is 3.29. The summed E-state index contributed by atoms with van der Waals surface area (Å²) in [6.07, 6.45) is 0. The fourth-order valence-corrected chi connectivity index (χ4v) is 3.49. The highest BCUT2D eigenvalue weighted by molar-refractivity contribution is 6.00. The van der Waals surface area contributed by atoms with Gasteiger partial charge in [0, 0.05) is 23.4 Å². The number of aromatic amines is 1. The van der Waals surface area contributed by atoms with Gasteiger partial charge in [-0.25, -0.2) is 9.87 Å². The van der Waals surface area contributed by atoms with Gasteiger partial charge in [0.15, 0.2) is 0 Å². The van der Waals surface area contributed by atoms with Gasteiger partial charge < -0.3 is 10.3 Å². The van der Waals surface area contributed by atoms with E-state index in [0.29, 0.717) is 16.8 Å². The molecule has 0 saturated carbocycles. The number of nitrogens with one attached hydrogen (secondary N) is 3. The minimum atomic E-state index is -0.607. The van der Waals surface area contributed by atoms with Crippen LogP contribution in [0.1, 0.15) is 32.0 Å². The Labute approximate surface area is 190 Å². The van der Waals surface area contributed by atoms with Crippen molar-refractivity contribution in [2.45, 2.75) is 13.5 Å². The Balaban J connectivity index is 1.60. The quantitative estimate of drug-likeness (QED) is 0.254. The molecule has 2 amide bonds. The van der Waals surface area contributed by atoms with Gasteiger partial charge in [-0.15, -0.1) is 0 Å². The molecule has 6 nitrogen and oxygen atoms in total. The Morgan fingerprint density at radius 3 is 2.15 bits per heavy atom. The van der Waals surface area contributed by atoms with Crippen molar-refractivity contribution < 1.29 is 19.2 Å². The minimum absolute atomic E-state index is 0.238. The molecule has 1 heterocycles. The first-order chi connectivity index (χ1) is 15.9. The van der Waals surface area contributed by atoms with Crippen molar-refractivity contribution in [2.24, 2.45) is 0 Å². The van der Waals surface area contributed by atoms with E-state index in [1.807, 2.05) is 37.3 Å². The molecule has 0 aliphatic carbocycles. The molecule has 33 heavy (non-hydrogen) atoms. The fourth-order valence-electron chi connectivity index (χ4n) is 3.49. The molecule has 0 unspecified atom stereocenters. The molecule has 1 aromatic heterocycles. The highest BCUT2D eigenvalue weighted by Gasteiger charge is 2.18. The van der Waals surface area contributed by atoms with E-state index < -0.39 is 5.91 Å². The van der Waals surface area contributed by atoms with Crippen LogP contribution in [0.3, 0.4) is 0 Å². The summed E-state index contributed by atoms with van der Waals surface area (Å²) in [5, 5.41) is 11.6. The van der Waals surface area contributed by atoms with E-state index in [4.69, 9.17) is 5.21 Å². The highest BCUT2D eigenvalue weighted by atomic mass is 19.1. The second-order valence-corrected chi connectivity index (χ2v) is 7.67. The monoisotopic (exact) mass is 443 g/mol. The predicted molar refractivity (Wildman–Crippen MR) is 123 cm³/mol. The summed E-state index contributed by atoms with van der Waals surface area (Å²) < 4.78 is 13.5. The van der Waals surface area contributed by atoms with E-state index in [1.165, 1.54) is 12.1 Å². The van der Waals surface area contributed by atoms with E-state index in [-0.39, 0.29) is 18.3 Å². The summed E-state index contributed by atoms with van der Waals surface area (Å²) in [6, 6.07) is 22.3. The van der Waals surface area contributed by atoms with Crippen molar-refractivity contribution in [3.8, 4) is 22.4 Å². The van der Waals surface area contributed by atoms with Crippen molar-refractivity contribution in [3.05, 3.63) is 107 Å². The van der Waals surface area contributed by atoms with Gasteiger partial charge in [-0.3, -0.25) is 14.8 Å². The molecule has 4 aromatic rings. The zero-order valence-corrected chi connectivity index (χ0v) is 17.9. The molecule has 166 valence electrons. The van der Waals surface area contributed by atoms with Gasteiger partial charge in [0.05, 0.1) is 0 Å². The van der Waals surface area contributed by atoms with Crippen LogP contribution in [0, 0.1) is 12.7 Å². The zero-order chi connectivity index (χ0) is 23.4. The van der Waals surface area contributed by atoms with Crippen molar-refractivity contribution in [1.29, 1.82) is 0 Å². The SMILES string of the molecule is Cc1ccc(-c2cc(-c3ccc(F)cc3)c(C(=O)NCc3ccc(C(=O)NO)cc3)[nH]2)cc1. The molecule has 0 spiro atoms. The summed E-state index contributed by atoms with van der Waals surface area (Å²) in [4.78, 5) is 27.7. The second kappa shape index (κ2) is 9.50. The van der Waals surface area contributed by atoms with Crippen LogP contribution in [0.2, 0.25) is 0 Å². The van der Waals surface area contributed by atoms with E-state index in [2.05, 4.69) is 10.3 Å². The smallest absolute Gasteiger partial charge is 0.274 e. The Morgan fingerprint density at radius 1 is 0.879 bits per heavy atom. The van der Waals surface area contributed by atoms with Crippen molar-refractivity contribution in [2.75, 3.05) is 0 Å². The lowest BCUT2D eigenvalue weighted by Crippen LogP contribution is -2.24. The average molecular weight is 443 g/mol. The van der Waals surface area contributed by atoms with Crippen LogP contribution < -0.4 is 10.8 Å². The maximum absolute atomic E-state index is 13.5. The Morgan fingerprint density at radius 2 is 1.52 bits per heavy atom. The molecular weight excluding hydrogens is 421 g/mol. The number of hydrogen-bond acceptors (Lipinski definition) is 3. The third-order valence-corrected chi connectivity index (χ3v) is 5.33. The summed E-state index contributed by atoms with van der Waals surface area (Å²) in [5.74, 6) is -1.27. The van der Waals surface area contributed by atoms with Gasteiger partial charge in [-0.05, 0) is 53.9 Å². The number of hydroxylamine groups is 1. The Kier molecular flexibility index (Phi) is 6.33. The van der Waals surface area contributed by atoms with Crippen molar-refractivity contribution in [1.82, 2.24) is 15.8 Å². The van der Waals surface area contributed by atoms with Crippen LogP contribution in [-0.4, -0.2) is 22.0 Å². The number of carbonyl (C=O) groups is 2. The normalized spacial score (nSPS) is 10.6. The zero-order valence-electron chi connectivity index (χ0n) is 17.9. The number of rotatable bonds is 6.